The molecule has 1 aliphatic rings. The minimum Gasteiger partial charge on any atom is -0.467 e. The van der Waals surface area contributed by atoms with Gasteiger partial charge in [0, 0.05) is 0 Å². The number of cyclic esters (lactones) is 1. The zero-order valence-corrected chi connectivity index (χ0v) is 7.70. The Morgan fingerprint density at radius 3 is 2.92 bits per heavy atom. The van der Waals surface area contributed by atoms with Crippen molar-refractivity contribution in [3.63, 3.8) is 0 Å². The van der Waals surface area contributed by atoms with Crippen molar-refractivity contribution < 1.29 is 19.1 Å². The maximum atomic E-state index is 11.1. The molecule has 5 nitrogen and oxygen atoms in total. The molecule has 13 heavy (non-hydrogen) atoms. The first-order valence-corrected chi connectivity index (χ1v) is 4.24. The second-order valence-corrected chi connectivity index (χ2v) is 2.88. The Morgan fingerprint density at radius 1 is 1.69 bits per heavy atom. The molecule has 1 rings (SSSR count). The van der Waals surface area contributed by atoms with Gasteiger partial charge in [-0.3, -0.25) is 0 Å². The van der Waals surface area contributed by atoms with Crippen molar-refractivity contribution in [2.75, 3.05) is 7.11 Å². The van der Waals surface area contributed by atoms with Crippen molar-refractivity contribution in [2.24, 2.45) is 0 Å². The lowest BCUT2D eigenvalue weighted by molar-refractivity contribution is -0.144. The van der Waals surface area contributed by atoms with Gasteiger partial charge in [0.15, 0.2) is 6.04 Å². The van der Waals surface area contributed by atoms with Crippen molar-refractivity contribution in [2.45, 2.75) is 31.9 Å². The van der Waals surface area contributed by atoms with Gasteiger partial charge < -0.3 is 14.8 Å². The van der Waals surface area contributed by atoms with E-state index in [1.807, 2.05) is 6.92 Å². The molecule has 1 aliphatic heterocycles. The van der Waals surface area contributed by atoms with Crippen molar-refractivity contribution in [1.82, 2.24) is 5.32 Å². The van der Waals surface area contributed by atoms with Gasteiger partial charge in [0.2, 0.25) is 0 Å². The average Bonchev–Trinajstić information content (AvgIpc) is 2.46. The fraction of sp³-hybridized carbons (Fsp3) is 0.750. The van der Waals surface area contributed by atoms with Crippen LogP contribution in [-0.4, -0.2) is 31.3 Å². The molecule has 1 N–H and O–H groups in total. The number of hydrogen-bond donors (Lipinski definition) is 1. The van der Waals surface area contributed by atoms with E-state index in [1.165, 1.54) is 7.11 Å². The summed E-state index contributed by atoms with van der Waals surface area (Å²) in [5, 5.41) is 2.40. The summed E-state index contributed by atoms with van der Waals surface area (Å²) >= 11 is 0. The van der Waals surface area contributed by atoms with E-state index in [2.05, 4.69) is 10.1 Å². The highest BCUT2D eigenvalue weighted by Gasteiger charge is 2.39. The molecule has 1 fully saturated rings. The third-order valence-electron chi connectivity index (χ3n) is 1.93. The molecule has 2 unspecified atom stereocenters. The molecule has 0 saturated carbocycles. The molecular weight excluding hydrogens is 174 g/mol. The molecular formula is C8H13NO4. The molecule has 0 aromatic rings. The lowest BCUT2D eigenvalue weighted by atomic mass is 10.1. The highest BCUT2D eigenvalue weighted by atomic mass is 16.6. The average molecular weight is 187 g/mol. The van der Waals surface area contributed by atoms with Gasteiger partial charge in [0.1, 0.15) is 6.10 Å². The number of nitrogens with one attached hydrogen (secondary N) is 1. The van der Waals surface area contributed by atoms with Crippen LogP contribution in [0.15, 0.2) is 0 Å². The molecule has 74 valence electrons. The van der Waals surface area contributed by atoms with E-state index in [4.69, 9.17) is 4.74 Å². The minimum absolute atomic E-state index is 0.384. The zero-order chi connectivity index (χ0) is 9.84. The van der Waals surface area contributed by atoms with E-state index in [-0.39, 0.29) is 6.10 Å². The van der Waals surface area contributed by atoms with Crippen LogP contribution in [0.4, 0.5) is 4.79 Å². The highest BCUT2D eigenvalue weighted by Crippen LogP contribution is 2.14. The molecule has 0 aliphatic carbocycles. The van der Waals surface area contributed by atoms with Crippen molar-refractivity contribution in [3.05, 3.63) is 0 Å². The number of rotatable bonds is 3. The summed E-state index contributed by atoms with van der Waals surface area (Å²) < 4.78 is 9.41. The number of carbonyl (C=O) groups excluding carboxylic acids is 2. The summed E-state index contributed by atoms with van der Waals surface area (Å²) in [6.45, 7) is 1.96. The molecule has 0 radical (unpaired) electrons. The van der Waals surface area contributed by atoms with Crippen LogP contribution in [0, 0.1) is 0 Å². The van der Waals surface area contributed by atoms with E-state index in [1.54, 1.807) is 0 Å². The molecule has 0 spiro atoms. The number of carbonyl (C=O) groups is 2. The lowest BCUT2D eigenvalue weighted by Gasteiger charge is -2.13. The van der Waals surface area contributed by atoms with Gasteiger partial charge >= 0.3 is 12.1 Å². The molecule has 0 bridgehead atoms. The predicted octanol–water partition coefficient (Wildman–Crippen LogP) is 0.436. The third-order valence-corrected chi connectivity index (χ3v) is 1.93. The fourth-order valence-corrected chi connectivity index (χ4v) is 1.31. The summed E-state index contributed by atoms with van der Waals surface area (Å²) in [7, 11) is 1.29. The Labute approximate surface area is 76.4 Å². The SMILES string of the molecule is CCCC1OC(=O)NC1C(=O)OC. The Morgan fingerprint density at radius 2 is 2.38 bits per heavy atom. The summed E-state index contributed by atoms with van der Waals surface area (Å²) in [4.78, 5) is 21.9. The smallest absolute Gasteiger partial charge is 0.408 e. The first kappa shape index (κ1) is 9.83. The molecule has 2 atom stereocenters. The number of ether oxygens (including phenoxy) is 2. The van der Waals surface area contributed by atoms with Gasteiger partial charge in [0.25, 0.3) is 0 Å². The van der Waals surface area contributed by atoms with Crippen molar-refractivity contribution >= 4 is 12.1 Å². The Balaban J connectivity index is 2.60. The first-order chi connectivity index (χ1) is 6.19. The van der Waals surface area contributed by atoms with Crippen LogP contribution in [-0.2, 0) is 14.3 Å². The van der Waals surface area contributed by atoms with Crippen molar-refractivity contribution in [3.8, 4) is 0 Å². The molecule has 1 amide bonds. The quantitative estimate of drug-likeness (QED) is 0.651. The largest absolute Gasteiger partial charge is 0.467 e. The Bertz CT molecular complexity index is 216. The van der Waals surface area contributed by atoms with E-state index in [9.17, 15) is 9.59 Å². The lowest BCUT2D eigenvalue weighted by Crippen LogP contribution is -2.40. The van der Waals surface area contributed by atoms with Crippen LogP contribution in [0.25, 0.3) is 0 Å². The summed E-state index contributed by atoms with van der Waals surface area (Å²) in [6, 6.07) is -0.641. The van der Waals surface area contributed by atoms with Crippen LogP contribution in [0.2, 0.25) is 0 Å². The number of amides is 1. The summed E-state index contributed by atoms with van der Waals surface area (Å²) in [5.74, 6) is -0.454. The van der Waals surface area contributed by atoms with E-state index < -0.39 is 18.1 Å². The van der Waals surface area contributed by atoms with E-state index in [0.717, 1.165) is 6.42 Å². The van der Waals surface area contributed by atoms with Gasteiger partial charge in [-0.1, -0.05) is 13.3 Å². The number of alkyl carbamates (subject to hydrolysis) is 1. The van der Waals surface area contributed by atoms with Gasteiger partial charge in [0.05, 0.1) is 7.11 Å². The second kappa shape index (κ2) is 4.11. The van der Waals surface area contributed by atoms with Gasteiger partial charge in [-0.15, -0.1) is 0 Å². The van der Waals surface area contributed by atoms with Crippen molar-refractivity contribution in [1.29, 1.82) is 0 Å². The van der Waals surface area contributed by atoms with Crippen LogP contribution < -0.4 is 5.32 Å². The minimum atomic E-state index is -0.641. The third kappa shape index (κ3) is 2.11. The van der Waals surface area contributed by atoms with Crippen LogP contribution in [0.5, 0.6) is 0 Å². The Hall–Kier alpha value is -1.26. The Kier molecular flexibility index (Phi) is 3.11. The standard InChI is InChI=1S/C8H13NO4/c1-3-4-5-6(7(10)12-2)9-8(11)13-5/h5-6H,3-4H2,1-2H3,(H,9,11). The van der Waals surface area contributed by atoms with Crippen LogP contribution >= 0.6 is 0 Å². The normalized spacial score (nSPS) is 26.5. The zero-order valence-electron chi connectivity index (χ0n) is 7.70. The highest BCUT2D eigenvalue weighted by molar-refractivity contribution is 5.84. The van der Waals surface area contributed by atoms with Crippen LogP contribution in [0.3, 0.4) is 0 Å². The van der Waals surface area contributed by atoms with Crippen LogP contribution in [0.1, 0.15) is 19.8 Å². The second-order valence-electron chi connectivity index (χ2n) is 2.88. The topological polar surface area (TPSA) is 64.6 Å². The summed E-state index contributed by atoms with van der Waals surface area (Å²) in [5.41, 5.74) is 0. The predicted molar refractivity (Wildman–Crippen MR) is 44.1 cm³/mol. The monoisotopic (exact) mass is 187 g/mol. The maximum absolute atomic E-state index is 11.1. The first-order valence-electron chi connectivity index (χ1n) is 4.24. The fourth-order valence-electron chi connectivity index (χ4n) is 1.31. The molecule has 0 aromatic carbocycles. The van der Waals surface area contributed by atoms with Gasteiger partial charge in [-0.25, -0.2) is 9.59 Å². The molecule has 1 heterocycles. The summed E-state index contributed by atoms with van der Waals surface area (Å²) in [6.07, 6.45) is 0.588. The molecule has 1 saturated heterocycles. The number of esters is 1. The number of methoxy groups -OCH3 is 1. The van der Waals surface area contributed by atoms with Gasteiger partial charge in [-0.2, -0.15) is 0 Å². The molecule has 5 heteroatoms. The van der Waals surface area contributed by atoms with Gasteiger partial charge in [-0.05, 0) is 6.42 Å². The van der Waals surface area contributed by atoms with E-state index >= 15 is 0 Å². The number of hydrogen-bond acceptors (Lipinski definition) is 4. The molecule has 0 aromatic heterocycles. The van der Waals surface area contributed by atoms with E-state index in [0.29, 0.717) is 6.42 Å². The maximum Gasteiger partial charge on any atom is 0.408 e.